The number of H-pyrrole nitrogens is 1. The van der Waals surface area contributed by atoms with Crippen molar-refractivity contribution >= 4 is 23.8 Å². The number of imidazole rings is 1. The molecule has 12 heteroatoms. The van der Waals surface area contributed by atoms with Crippen LogP contribution in [0.4, 0.5) is 0 Å². The highest BCUT2D eigenvalue weighted by Crippen LogP contribution is 2.34. The third-order valence-electron chi connectivity index (χ3n) is 6.36. The molecule has 0 bridgehead atoms. The molecule has 0 saturated carbocycles. The Labute approximate surface area is 249 Å². The van der Waals surface area contributed by atoms with Crippen molar-refractivity contribution in [3.63, 3.8) is 0 Å². The molecule has 12 nitrogen and oxygen atoms in total. The van der Waals surface area contributed by atoms with Gasteiger partial charge in [-0.2, -0.15) is 5.21 Å². The van der Waals surface area contributed by atoms with E-state index >= 15 is 0 Å². The molecule has 3 aromatic heterocycles. The van der Waals surface area contributed by atoms with Crippen LogP contribution in [-0.4, -0.2) is 59.7 Å². The molecule has 0 aliphatic heterocycles. The second kappa shape index (κ2) is 12.5. The molecule has 0 spiro atoms. The minimum atomic E-state index is -0.711. The van der Waals surface area contributed by atoms with E-state index in [1.54, 1.807) is 20.8 Å². The second-order valence-corrected chi connectivity index (χ2v) is 12.2. The average molecular weight is 585 g/mol. The Morgan fingerprint density at radius 2 is 1.56 bits per heavy atom. The van der Waals surface area contributed by atoms with Gasteiger partial charge in [0, 0.05) is 12.1 Å². The standard InChI is InChI=1S/C30H34N8O3.CH2O/c1-18-31-23-24(27(40-17-29(2,3)4)35-34-26(23)41-28(39)30(5,6)7)38(18)16-19-12-14-20(15-13-19)21-10-8-9-11-22(21)25-32-36-37-33-25;1-2/h8-15H,16-17H2,1-7H3,(H,32,33,36,37);1H2. The number of hydrogen-bond donors (Lipinski definition) is 1. The molecular formula is C31H36N8O4. The summed E-state index contributed by atoms with van der Waals surface area (Å²) in [6.45, 7) is 16.4. The van der Waals surface area contributed by atoms with Gasteiger partial charge >= 0.3 is 5.97 Å². The number of esters is 1. The predicted octanol–water partition coefficient (Wildman–Crippen LogP) is 5.22. The van der Waals surface area contributed by atoms with Crippen molar-refractivity contribution < 1.29 is 19.1 Å². The molecule has 0 amide bonds. The van der Waals surface area contributed by atoms with Crippen LogP contribution in [0.25, 0.3) is 33.5 Å². The van der Waals surface area contributed by atoms with E-state index in [9.17, 15) is 4.79 Å². The fourth-order valence-corrected chi connectivity index (χ4v) is 4.18. The molecule has 3 heterocycles. The first-order valence-corrected chi connectivity index (χ1v) is 13.7. The molecular weight excluding hydrogens is 548 g/mol. The van der Waals surface area contributed by atoms with Crippen molar-refractivity contribution in [3.8, 4) is 34.3 Å². The highest BCUT2D eigenvalue weighted by Gasteiger charge is 2.28. The zero-order valence-electron chi connectivity index (χ0n) is 25.5. The zero-order chi connectivity index (χ0) is 31.4. The largest absolute Gasteiger partial charge is 0.475 e. The van der Waals surface area contributed by atoms with Gasteiger partial charge in [-0.3, -0.25) is 4.79 Å². The molecule has 5 aromatic rings. The summed E-state index contributed by atoms with van der Waals surface area (Å²) in [6.07, 6.45) is 0. The SMILES string of the molecule is C=O.Cc1nc2c(OC(=O)C(C)(C)C)nnc(OCC(C)(C)C)c2n1Cc1ccc(-c2ccccc2-c2nn[nH]n2)cc1. The average Bonchev–Trinajstić information content (AvgIpc) is 3.62. The molecule has 2 aromatic carbocycles. The van der Waals surface area contributed by atoms with E-state index in [1.165, 1.54) is 0 Å². The number of carbonyl (C=O) groups is 2. The Morgan fingerprint density at radius 3 is 2.16 bits per heavy atom. The molecule has 5 rings (SSSR count). The molecule has 43 heavy (non-hydrogen) atoms. The van der Waals surface area contributed by atoms with Crippen molar-refractivity contribution in [3.05, 3.63) is 59.9 Å². The quantitative estimate of drug-likeness (QED) is 0.252. The third-order valence-corrected chi connectivity index (χ3v) is 6.36. The van der Waals surface area contributed by atoms with E-state index in [0.29, 0.717) is 35.9 Å². The second-order valence-electron chi connectivity index (χ2n) is 12.2. The summed E-state index contributed by atoms with van der Waals surface area (Å²) >= 11 is 0. The summed E-state index contributed by atoms with van der Waals surface area (Å²) in [5, 5.41) is 23.0. The molecule has 0 radical (unpaired) electrons. The lowest BCUT2D eigenvalue weighted by Gasteiger charge is -2.19. The van der Waals surface area contributed by atoms with Crippen LogP contribution in [0.3, 0.4) is 0 Å². The van der Waals surface area contributed by atoms with Gasteiger partial charge in [-0.15, -0.1) is 20.4 Å². The fraction of sp³-hybridized carbons (Fsp3) is 0.355. The van der Waals surface area contributed by atoms with Gasteiger partial charge in [-0.1, -0.05) is 69.3 Å². The molecule has 1 N–H and O–H groups in total. The number of nitrogens with one attached hydrogen (secondary N) is 1. The molecule has 0 unspecified atom stereocenters. The van der Waals surface area contributed by atoms with Gasteiger partial charge in [0.25, 0.3) is 11.8 Å². The molecule has 0 fully saturated rings. The lowest BCUT2D eigenvalue weighted by atomic mass is 9.97. The molecule has 0 atom stereocenters. The minimum Gasteiger partial charge on any atom is -0.475 e. The number of aromatic nitrogens is 8. The monoisotopic (exact) mass is 584 g/mol. The number of nitrogens with zero attached hydrogens (tertiary/aromatic N) is 7. The minimum absolute atomic E-state index is 0.0679. The maximum absolute atomic E-state index is 12.7. The van der Waals surface area contributed by atoms with Gasteiger partial charge in [0.15, 0.2) is 5.52 Å². The van der Waals surface area contributed by atoms with Crippen LogP contribution in [0.15, 0.2) is 48.5 Å². The van der Waals surface area contributed by atoms with Crippen LogP contribution in [0.1, 0.15) is 52.9 Å². The number of tetrazole rings is 1. The van der Waals surface area contributed by atoms with E-state index in [1.807, 2.05) is 42.5 Å². The van der Waals surface area contributed by atoms with Crippen LogP contribution in [0.5, 0.6) is 11.8 Å². The summed E-state index contributed by atoms with van der Waals surface area (Å²) in [7, 11) is 0. The highest BCUT2D eigenvalue weighted by atomic mass is 16.5. The van der Waals surface area contributed by atoms with Crippen molar-refractivity contribution in [2.45, 2.75) is 55.0 Å². The number of hydrogen-bond acceptors (Lipinski definition) is 10. The van der Waals surface area contributed by atoms with E-state index < -0.39 is 11.4 Å². The zero-order valence-corrected chi connectivity index (χ0v) is 25.5. The van der Waals surface area contributed by atoms with Gasteiger partial charge in [0.2, 0.25) is 5.82 Å². The van der Waals surface area contributed by atoms with Crippen LogP contribution in [-0.2, 0) is 16.1 Å². The van der Waals surface area contributed by atoms with Crippen molar-refractivity contribution in [2.24, 2.45) is 10.8 Å². The van der Waals surface area contributed by atoms with Crippen LogP contribution in [0, 0.1) is 17.8 Å². The van der Waals surface area contributed by atoms with Gasteiger partial charge < -0.3 is 18.8 Å². The maximum Gasteiger partial charge on any atom is 0.318 e. The van der Waals surface area contributed by atoms with Crippen LogP contribution < -0.4 is 9.47 Å². The van der Waals surface area contributed by atoms with E-state index in [2.05, 4.69) is 75.9 Å². The summed E-state index contributed by atoms with van der Waals surface area (Å²) in [4.78, 5) is 25.4. The molecule has 0 aliphatic carbocycles. The maximum atomic E-state index is 12.7. The third kappa shape index (κ3) is 7.08. The number of aromatic amines is 1. The predicted molar refractivity (Wildman–Crippen MR) is 161 cm³/mol. The number of benzene rings is 2. The van der Waals surface area contributed by atoms with Gasteiger partial charge in [0.05, 0.1) is 12.0 Å². The number of aryl methyl sites for hydroxylation is 1. The van der Waals surface area contributed by atoms with E-state index in [0.717, 1.165) is 28.1 Å². The summed E-state index contributed by atoms with van der Waals surface area (Å²) in [5.74, 6) is 1.25. The van der Waals surface area contributed by atoms with Gasteiger partial charge in [-0.25, -0.2) is 4.98 Å². The molecule has 224 valence electrons. The van der Waals surface area contributed by atoms with Crippen molar-refractivity contribution in [1.82, 2.24) is 40.4 Å². The number of ether oxygens (including phenoxy) is 2. The Hall–Kier alpha value is -5.00. The van der Waals surface area contributed by atoms with E-state index in [4.69, 9.17) is 19.3 Å². The first-order chi connectivity index (χ1) is 20.4. The summed E-state index contributed by atoms with van der Waals surface area (Å²) < 4.78 is 13.8. The Balaban J connectivity index is 0.00000207. The summed E-state index contributed by atoms with van der Waals surface area (Å²) in [5.41, 5.74) is 4.22. The fourth-order valence-electron chi connectivity index (χ4n) is 4.18. The number of carbonyl (C=O) groups excluding carboxylic acids is 2. The Morgan fingerprint density at radius 1 is 0.907 bits per heavy atom. The lowest BCUT2D eigenvalue weighted by Crippen LogP contribution is -2.26. The van der Waals surface area contributed by atoms with Crippen molar-refractivity contribution in [1.29, 1.82) is 0 Å². The van der Waals surface area contributed by atoms with Crippen molar-refractivity contribution in [2.75, 3.05) is 6.61 Å². The lowest BCUT2D eigenvalue weighted by molar-refractivity contribution is -0.143. The van der Waals surface area contributed by atoms with Gasteiger partial charge in [-0.05, 0) is 55.0 Å². The molecule has 0 saturated heterocycles. The summed E-state index contributed by atoms with van der Waals surface area (Å²) in [6, 6.07) is 16.2. The van der Waals surface area contributed by atoms with Crippen LogP contribution >= 0.6 is 0 Å². The first kappa shape index (κ1) is 30.9. The highest BCUT2D eigenvalue weighted by molar-refractivity contribution is 5.88. The smallest absolute Gasteiger partial charge is 0.318 e. The molecule has 0 aliphatic rings. The Kier molecular flexibility index (Phi) is 8.98. The number of fused-ring (bicyclic) bond motifs is 1. The first-order valence-electron chi connectivity index (χ1n) is 13.7. The Bertz CT molecular complexity index is 1700. The normalized spacial score (nSPS) is 11.6. The topological polar surface area (TPSA) is 151 Å². The van der Waals surface area contributed by atoms with Crippen LogP contribution in [0.2, 0.25) is 0 Å². The number of rotatable bonds is 7. The van der Waals surface area contributed by atoms with Gasteiger partial charge in [0.1, 0.15) is 18.1 Å². The van der Waals surface area contributed by atoms with E-state index in [-0.39, 0.29) is 11.3 Å².